The van der Waals surface area contributed by atoms with Crippen LogP contribution < -0.4 is 10.4 Å². The van der Waals surface area contributed by atoms with Gasteiger partial charge in [0, 0.05) is 29.2 Å². The number of benzene rings is 3. The largest absolute Gasteiger partial charge is 0.342 e. The molecule has 1 aromatic heterocycles. The average Bonchev–Trinajstić information content (AvgIpc) is 3.27. The van der Waals surface area contributed by atoms with E-state index in [2.05, 4.69) is 22.1 Å². The van der Waals surface area contributed by atoms with E-state index in [1.165, 1.54) is 10.6 Å². The Labute approximate surface area is 173 Å². The molecule has 3 aromatic carbocycles. The van der Waals surface area contributed by atoms with Crippen LogP contribution >= 0.6 is 0 Å². The number of hydrogen-bond acceptors (Lipinski definition) is 2. The smallest absolute Gasteiger partial charge is 0.282 e. The quantitative estimate of drug-likeness (QED) is 0.418. The summed E-state index contributed by atoms with van der Waals surface area (Å²) in [6.07, 6.45) is 3.68. The van der Waals surface area contributed by atoms with Crippen molar-refractivity contribution >= 4 is 34.5 Å². The van der Waals surface area contributed by atoms with Gasteiger partial charge in [0.2, 0.25) is 0 Å². The van der Waals surface area contributed by atoms with Crippen LogP contribution in [0.25, 0.3) is 17.0 Å². The molecule has 5 heteroatoms. The van der Waals surface area contributed by atoms with Crippen LogP contribution in [0.5, 0.6) is 0 Å². The normalized spacial score (nSPS) is 15.2. The molecule has 2 heterocycles. The molecular formula is C25H19N3O2. The lowest BCUT2D eigenvalue weighted by Gasteiger charge is -2.13. The molecule has 1 aliphatic rings. The second-order valence-corrected chi connectivity index (χ2v) is 7.19. The van der Waals surface area contributed by atoms with E-state index in [0.717, 1.165) is 16.5 Å². The van der Waals surface area contributed by atoms with Crippen molar-refractivity contribution < 1.29 is 9.59 Å². The number of hydrazine groups is 1. The van der Waals surface area contributed by atoms with Crippen molar-refractivity contribution in [1.82, 2.24) is 9.99 Å². The van der Waals surface area contributed by atoms with Crippen LogP contribution in [0.3, 0.4) is 0 Å². The van der Waals surface area contributed by atoms with E-state index in [4.69, 9.17) is 0 Å². The zero-order chi connectivity index (χ0) is 20.5. The first-order valence-corrected chi connectivity index (χ1v) is 9.75. The van der Waals surface area contributed by atoms with Gasteiger partial charge in [0.05, 0.1) is 5.69 Å². The van der Waals surface area contributed by atoms with Gasteiger partial charge in [-0.25, -0.2) is 5.01 Å². The first kappa shape index (κ1) is 17.9. The number of hydrogen-bond donors (Lipinski definition) is 1. The van der Waals surface area contributed by atoms with Crippen molar-refractivity contribution in [1.29, 1.82) is 0 Å². The van der Waals surface area contributed by atoms with E-state index < -0.39 is 5.91 Å². The molecule has 0 spiro atoms. The molecule has 0 radical (unpaired) electrons. The Morgan fingerprint density at radius 1 is 0.800 bits per heavy atom. The number of rotatable bonds is 4. The number of nitrogens with zero attached hydrogens (tertiary/aromatic N) is 2. The highest BCUT2D eigenvalue weighted by Crippen LogP contribution is 2.27. The van der Waals surface area contributed by atoms with E-state index in [1.807, 2.05) is 66.9 Å². The summed E-state index contributed by atoms with van der Waals surface area (Å²) in [5.74, 6) is -0.755. The van der Waals surface area contributed by atoms with Gasteiger partial charge in [-0.1, -0.05) is 66.7 Å². The molecule has 2 amide bonds. The summed E-state index contributed by atoms with van der Waals surface area (Å²) >= 11 is 0. The van der Waals surface area contributed by atoms with E-state index >= 15 is 0 Å². The summed E-state index contributed by atoms with van der Waals surface area (Å²) < 4.78 is 2.14. The van der Waals surface area contributed by atoms with Crippen molar-refractivity contribution in [3.63, 3.8) is 0 Å². The van der Waals surface area contributed by atoms with Gasteiger partial charge in [-0.2, -0.15) is 0 Å². The third-order valence-corrected chi connectivity index (χ3v) is 5.22. The maximum Gasteiger partial charge on any atom is 0.282 e. The lowest BCUT2D eigenvalue weighted by molar-refractivity contribution is -0.117. The molecule has 5 nitrogen and oxygen atoms in total. The second kappa shape index (κ2) is 7.37. The SMILES string of the molecule is O=C1NN(c2ccccc2)C(=O)C1=Cc1cn(Cc2ccccc2)c2ccccc12. The maximum atomic E-state index is 12.9. The van der Waals surface area contributed by atoms with Gasteiger partial charge in [-0.3, -0.25) is 15.0 Å². The molecule has 0 aliphatic carbocycles. The van der Waals surface area contributed by atoms with Crippen LogP contribution in [0.2, 0.25) is 0 Å². The van der Waals surface area contributed by atoms with E-state index in [-0.39, 0.29) is 11.5 Å². The fourth-order valence-corrected chi connectivity index (χ4v) is 3.77. The molecule has 4 aromatic rings. The summed E-state index contributed by atoms with van der Waals surface area (Å²) in [5.41, 5.74) is 6.49. The number of carbonyl (C=O) groups is 2. The number of para-hydroxylation sites is 2. The monoisotopic (exact) mass is 393 g/mol. The molecule has 1 aliphatic heterocycles. The number of aromatic nitrogens is 1. The Balaban J connectivity index is 1.54. The van der Waals surface area contributed by atoms with Crippen LogP contribution in [0, 0.1) is 0 Å². The van der Waals surface area contributed by atoms with Crippen molar-refractivity contribution in [2.75, 3.05) is 5.01 Å². The summed E-state index contributed by atoms with van der Waals surface area (Å²) in [7, 11) is 0. The standard InChI is InChI=1S/C25H19N3O2/c29-24-22(25(30)28(26-24)20-11-5-2-6-12-20)15-19-17-27(16-18-9-3-1-4-10-18)23-14-8-7-13-21(19)23/h1-15,17H,16H2,(H,26,29). The minimum absolute atomic E-state index is 0.126. The van der Waals surface area contributed by atoms with E-state index in [1.54, 1.807) is 18.2 Å². The molecule has 0 saturated carbocycles. The van der Waals surface area contributed by atoms with Gasteiger partial charge in [0.15, 0.2) is 0 Å². The fraction of sp³-hybridized carbons (Fsp3) is 0.0400. The van der Waals surface area contributed by atoms with Crippen molar-refractivity contribution in [2.45, 2.75) is 6.54 Å². The van der Waals surface area contributed by atoms with Crippen molar-refractivity contribution in [3.8, 4) is 0 Å². The van der Waals surface area contributed by atoms with Gasteiger partial charge in [-0.05, 0) is 29.8 Å². The minimum Gasteiger partial charge on any atom is -0.342 e. The van der Waals surface area contributed by atoms with E-state index in [0.29, 0.717) is 12.2 Å². The first-order valence-electron chi connectivity index (χ1n) is 9.75. The Kier molecular flexibility index (Phi) is 4.41. The summed E-state index contributed by atoms with van der Waals surface area (Å²) in [4.78, 5) is 25.5. The fourth-order valence-electron chi connectivity index (χ4n) is 3.77. The molecule has 0 atom stereocenters. The van der Waals surface area contributed by atoms with Gasteiger partial charge in [-0.15, -0.1) is 0 Å². The van der Waals surface area contributed by atoms with Gasteiger partial charge >= 0.3 is 0 Å². The zero-order valence-electron chi connectivity index (χ0n) is 16.2. The summed E-state index contributed by atoms with van der Waals surface area (Å²) in [6.45, 7) is 0.709. The predicted molar refractivity (Wildman–Crippen MR) is 118 cm³/mol. The third-order valence-electron chi connectivity index (χ3n) is 5.22. The summed E-state index contributed by atoms with van der Waals surface area (Å²) in [6, 6.07) is 27.3. The molecule has 30 heavy (non-hydrogen) atoms. The van der Waals surface area contributed by atoms with Gasteiger partial charge < -0.3 is 4.57 Å². The molecule has 146 valence electrons. The van der Waals surface area contributed by atoms with Crippen molar-refractivity contribution in [2.24, 2.45) is 0 Å². The maximum absolute atomic E-state index is 12.9. The third kappa shape index (κ3) is 3.16. The number of fused-ring (bicyclic) bond motifs is 1. The highest BCUT2D eigenvalue weighted by molar-refractivity contribution is 6.32. The Hall–Kier alpha value is -4.12. The molecule has 1 N–H and O–H groups in total. The van der Waals surface area contributed by atoms with Crippen LogP contribution in [0.15, 0.2) is 96.7 Å². The lowest BCUT2D eigenvalue weighted by atomic mass is 10.1. The number of amides is 2. The first-order chi connectivity index (χ1) is 14.7. The lowest BCUT2D eigenvalue weighted by Crippen LogP contribution is -2.35. The number of nitrogens with one attached hydrogen (secondary N) is 1. The van der Waals surface area contributed by atoms with Crippen molar-refractivity contribution in [3.05, 3.63) is 108 Å². The van der Waals surface area contributed by atoms with Crippen LogP contribution in [-0.2, 0) is 16.1 Å². The van der Waals surface area contributed by atoms with Crippen LogP contribution in [-0.4, -0.2) is 16.4 Å². The Morgan fingerprint density at radius 3 is 2.23 bits per heavy atom. The second-order valence-electron chi connectivity index (χ2n) is 7.19. The Bertz CT molecular complexity index is 1270. The molecule has 5 rings (SSSR count). The Morgan fingerprint density at radius 2 is 1.47 bits per heavy atom. The van der Waals surface area contributed by atoms with Gasteiger partial charge in [0.1, 0.15) is 5.57 Å². The van der Waals surface area contributed by atoms with Crippen LogP contribution in [0.4, 0.5) is 5.69 Å². The highest BCUT2D eigenvalue weighted by Gasteiger charge is 2.34. The average molecular weight is 393 g/mol. The molecule has 1 fully saturated rings. The van der Waals surface area contributed by atoms with Gasteiger partial charge in [0.25, 0.3) is 11.8 Å². The summed E-state index contributed by atoms with van der Waals surface area (Å²) in [5, 5.41) is 2.29. The number of anilines is 1. The number of carbonyl (C=O) groups excluding carboxylic acids is 2. The van der Waals surface area contributed by atoms with E-state index in [9.17, 15) is 9.59 Å². The topological polar surface area (TPSA) is 54.3 Å². The predicted octanol–water partition coefficient (Wildman–Crippen LogP) is 4.15. The minimum atomic E-state index is -0.399. The molecule has 0 unspecified atom stereocenters. The molecule has 1 saturated heterocycles. The molecule has 0 bridgehead atoms. The van der Waals surface area contributed by atoms with Crippen LogP contribution in [0.1, 0.15) is 11.1 Å². The highest BCUT2D eigenvalue weighted by atomic mass is 16.2. The zero-order valence-corrected chi connectivity index (χ0v) is 16.2. The molecular weight excluding hydrogens is 374 g/mol.